The van der Waals surface area contributed by atoms with E-state index in [1.54, 1.807) is 17.0 Å². The van der Waals surface area contributed by atoms with Gasteiger partial charge < -0.3 is 15.4 Å². The molecule has 1 aliphatic carbocycles. The molecule has 0 heterocycles. The molecular formula is C13H16N2O2S. The standard InChI is InChI=1S/C13H16N2O2S/c1-15(9-6-7-9)12(16)8-17-11-5-3-2-4-10(11)13(14)18/h2-5,9H,6-8H2,1H3,(H2,14,18). The number of para-hydroxylation sites is 1. The first kappa shape index (κ1) is 12.8. The Hall–Kier alpha value is -1.62. The highest BCUT2D eigenvalue weighted by molar-refractivity contribution is 7.80. The van der Waals surface area contributed by atoms with Gasteiger partial charge in [-0.15, -0.1) is 0 Å². The van der Waals surface area contributed by atoms with Gasteiger partial charge in [0.15, 0.2) is 6.61 Å². The highest BCUT2D eigenvalue weighted by atomic mass is 32.1. The molecule has 0 aliphatic heterocycles. The van der Waals surface area contributed by atoms with E-state index >= 15 is 0 Å². The molecule has 96 valence electrons. The van der Waals surface area contributed by atoms with Crippen LogP contribution in [-0.2, 0) is 4.79 Å². The summed E-state index contributed by atoms with van der Waals surface area (Å²) >= 11 is 4.93. The molecule has 1 saturated carbocycles. The summed E-state index contributed by atoms with van der Waals surface area (Å²) in [7, 11) is 1.81. The van der Waals surface area contributed by atoms with Gasteiger partial charge in [0.1, 0.15) is 10.7 Å². The van der Waals surface area contributed by atoms with Gasteiger partial charge in [0.25, 0.3) is 5.91 Å². The van der Waals surface area contributed by atoms with Crippen molar-refractivity contribution >= 4 is 23.1 Å². The molecule has 0 bridgehead atoms. The SMILES string of the molecule is CN(C(=O)COc1ccccc1C(N)=S)C1CC1. The number of carbonyl (C=O) groups is 1. The third kappa shape index (κ3) is 2.98. The Morgan fingerprint density at radius 2 is 2.17 bits per heavy atom. The van der Waals surface area contributed by atoms with Gasteiger partial charge in [-0.2, -0.15) is 0 Å². The molecule has 0 radical (unpaired) electrons. The molecule has 1 aliphatic rings. The number of hydrogen-bond acceptors (Lipinski definition) is 3. The molecule has 2 N–H and O–H groups in total. The van der Waals surface area contributed by atoms with Gasteiger partial charge in [0.2, 0.25) is 0 Å². The highest BCUT2D eigenvalue weighted by Crippen LogP contribution is 2.25. The minimum absolute atomic E-state index is 0.0183. The zero-order valence-electron chi connectivity index (χ0n) is 10.3. The summed E-state index contributed by atoms with van der Waals surface area (Å²) in [6.45, 7) is 0.0205. The zero-order chi connectivity index (χ0) is 13.1. The maximum absolute atomic E-state index is 11.8. The number of benzene rings is 1. The summed E-state index contributed by atoms with van der Waals surface area (Å²) in [5, 5.41) is 0. The average molecular weight is 264 g/mol. The molecule has 2 rings (SSSR count). The van der Waals surface area contributed by atoms with E-state index in [2.05, 4.69) is 0 Å². The van der Waals surface area contributed by atoms with Crippen molar-refractivity contribution in [3.63, 3.8) is 0 Å². The molecule has 18 heavy (non-hydrogen) atoms. The molecule has 0 unspecified atom stereocenters. The predicted molar refractivity (Wildman–Crippen MR) is 73.6 cm³/mol. The number of ether oxygens (including phenoxy) is 1. The van der Waals surface area contributed by atoms with Crippen LogP contribution in [0.1, 0.15) is 18.4 Å². The van der Waals surface area contributed by atoms with Crippen LogP contribution in [0.2, 0.25) is 0 Å². The monoisotopic (exact) mass is 264 g/mol. The van der Waals surface area contributed by atoms with Crippen LogP contribution in [0.25, 0.3) is 0 Å². The number of nitrogens with zero attached hydrogens (tertiary/aromatic N) is 1. The first-order chi connectivity index (χ1) is 8.59. The summed E-state index contributed by atoms with van der Waals surface area (Å²) in [6.07, 6.45) is 2.18. The molecular weight excluding hydrogens is 248 g/mol. The molecule has 1 amide bonds. The molecule has 1 aromatic carbocycles. The summed E-state index contributed by atoms with van der Waals surface area (Å²) < 4.78 is 5.50. The van der Waals surface area contributed by atoms with Gasteiger partial charge in [-0.1, -0.05) is 24.4 Å². The minimum Gasteiger partial charge on any atom is -0.483 e. The van der Waals surface area contributed by atoms with Crippen LogP contribution in [0.5, 0.6) is 5.75 Å². The lowest BCUT2D eigenvalue weighted by molar-refractivity contribution is -0.132. The van der Waals surface area contributed by atoms with E-state index in [0.29, 0.717) is 17.4 Å². The summed E-state index contributed by atoms with van der Waals surface area (Å²) in [5.74, 6) is 0.540. The Morgan fingerprint density at radius 1 is 1.50 bits per heavy atom. The van der Waals surface area contributed by atoms with Gasteiger partial charge in [-0.25, -0.2) is 0 Å². The molecule has 0 atom stereocenters. The Bertz CT molecular complexity index is 472. The first-order valence-corrected chi connectivity index (χ1v) is 6.27. The predicted octanol–water partition coefficient (Wildman–Crippen LogP) is 1.32. The second-order valence-corrected chi connectivity index (χ2v) is 4.82. The third-order valence-corrected chi connectivity index (χ3v) is 3.21. The van der Waals surface area contributed by atoms with E-state index in [0.717, 1.165) is 12.8 Å². The lowest BCUT2D eigenvalue weighted by Gasteiger charge is -2.17. The van der Waals surface area contributed by atoms with Crippen LogP contribution in [0.4, 0.5) is 0 Å². The van der Waals surface area contributed by atoms with Crippen molar-refractivity contribution in [1.82, 2.24) is 4.90 Å². The Morgan fingerprint density at radius 3 is 2.78 bits per heavy atom. The lowest BCUT2D eigenvalue weighted by Crippen LogP contribution is -2.33. The topological polar surface area (TPSA) is 55.6 Å². The van der Waals surface area contributed by atoms with Gasteiger partial charge in [-0.05, 0) is 25.0 Å². The van der Waals surface area contributed by atoms with E-state index < -0.39 is 0 Å². The van der Waals surface area contributed by atoms with E-state index in [4.69, 9.17) is 22.7 Å². The fourth-order valence-electron chi connectivity index (χ4n) is 1.70. The van der Waals surface area contributed by atoms with Gasteiger partial charge >= 0.3 is 0 Å². The van der Waals surface area contributed by atoms with E-state index in [9.17, 15) is 4.79 Å². The Labute approximate surface area is 112 Å². The normalized spacial score (nSPS) is 14.1. The number of rotatable bonds is 5. The highest BCUT2D eigenvalue weighted by Gasteiger charge is 2.29. The maximum Gasteiger partial charge on any atom is 0.260 e. The smallest absolute Gasteiger partial charge is 0.260 e. The number of carbonyl (C=O) groups excluding carboxylic acids is 1. The van der Waals surface area contributed by atoms with E-state index in [1.165, 1.54) is 0 Å². The first-order valence-electron chi connectivity index (χ1n) is 5.87. The minimum atomic E-state index is -0.0183. The quantitative estimate of drug-likeness (QED) is 0.815. The average Bonchev–Trinajstić information content (AvgIpc) is 3.19. The molecule has 0 spiro atoms. The summed E-state index contributed by atoms with van der Waals surface area (Å²) in [4.78, 5) is 13.8. The number of amides is 1. The van der Waals surface area contributed by atoms with Crippen molar-refractivity contribution in [1.29, 1.82) is 0 Å². The van der Waals surface area contributed by atoms with Crippen LogP contribution >= 0.6 is 12.2 Å². The van der Waals surface area contributed by atoms with Gasteiger partial charge in [0, 0.05) is 13.1 Å². The van der Waals surface area contributed by atoms with Crippen LogP contribution in [0.3, 0.4) is 0 Å². The van der Waals surface area contributed by atoms with Crippen molar-refractivity contribution in [2.75, 3.05) is 13.7 Å². The maximum atomic E-state index is 11.8. The number of hydrogen-bond donors (Lipinski definition) is 1. The number of nitrogens with two attached hydrogens (primary N) is 1. The number of likely N-dealkylation sites (N-methyl/N-ethyl adjacent to an activating group) is 1. The van der Waals surface area contributed by atoms with Crippen LogP contribution in [-0.4, -0.2) is 35.5 Å². The fraction of sp³-hybridized carbons (Fsp3) is 0.385. The Kier molecular flexibility index (Phi) is 3.81. The van der Waals surface area contributed by atoms with Crippen molar-refractivity contribution in [3.8, 4) is 5.75 Å². The second-order valence-electron chi connectivity index (χ2n) is 4.38. The van der Waals surface area contributed by atoms with Crippen molar-refractivity contribution in [3.05, 3.63) is 29.8 Å². The van der Waals surface area contributed by atoms with E-state index in [-0.39, 0.29) is 17.5 Å². The fourth-order valence-corrected chi connectivity index (χ4v) is 1.87. The van der Waals surface area contributed by atoms with Gasteiger partial charge in [0.05, 0.1) is 5.56 Å². The van der Waals surface area contributed by atoms with Gasteiger partial charge in [-0.3, -0.25) is 4.79 Å². The van der Waals surface area contributed by atoms with Crippen LogP contribution in [0, 0.1) is 0 Å². The summed E-state index contributed by atoms with van der Waals surface area (Å²) in [6, 6.07) is 7.60. The van der Waals surface area contributed by atoms with E-state index in [1.807, 2.05) is 19.2 Å². The molecule has 0 saturated heterocycles. The van der Waals surface area contributed by atoms with Crippen molar-refractivity contribution in [2.24, 2.45) is 5.73 Å². The largest absolute Gasteiger partial charge is 0.483 e. The zero-order valence-corrected chi connectivity index (χ0v) is 11.1. The van der Waals surface area contributed by atoms with Crippen molar-refractivity contribution in [2.45, 2.75) is 18.9 Å². The lowest BCUT2D eigenvalue weighted by atomic mass is 10.2. The number of thiocarbonyl (C=S) groups is 1. The van der Waals surface area contributed by atoms with Crippen molar-refractivity contribution < 1.29 is 9.53 Å². The van der Waals surface area contributed by atoms with Crippen LogP contribution in [0.15, 0.2) is 24.3 Å². The summed E-state index contributed by atoms with van der Waals surface area (Å²) in [5.41, 5.74) is 6.26. The molecule has 0 aromatic heterocycles. The molecule has 1 aromatic rings. The molecule has 1 fully saturated rings. The van der Waals surface area contributed by atoms with Crippen LogP contribution < -0.4 is 10.5 Å². The Balaban J connectivity index is 1.97. The molecule has 5 heteroatoms. The molecule has 4 nitrogen and oxygen atoms in total. The second kappa shape index (κ2) is 5.35. The third-order valence-electron chi connectivity index (χ3n) is 2.99.